The van der Waals surface area contributed by atoms with Crippen LogP contribution >= 0.6 is 0 Å². The molecule has 0 atom stereocenters. The number of hydrogen-bond acceptors (Lipinski definition) is 6. The van der Waals surface area contributed by atoms with Crippen LogP contribution in [0, 0.1) is 17.2 Å². The fourth-order valence-corrected chi connectivity index (χ4v) is 4.86. The molecule has 186 valence electrons. The molecule has 1 aromatic heterocycles. The van der Waals surface area contributed by atoms with Crippen LogP contribution in [0.25, 0.3) is 22.2 Å². The Morgan fingerprint density at radius 1 is 1.08 bits per heavy atom. The quantitative estimate of drug-likeness (QED) is 0.465. The van der Waals surface area contributed by atoms with Crippen LogP contribution in [0.1, 0.15) is 43.7 Å². The van der Waals surface area contributed by atoms with Crippen LogP contribution in [-0.4, -0.2) is 43.4 Å². The van der Waals surface area contributed by atoms with E-state index in [2.05, 4.69) is 16.0 Å². The maximum absolute atomic E-state index is 12.1. The largest absolute Gasteiger partial charge is 0.486 e. The second kappa shape index (κ2) is 9.84. The highest BCUT2D eigenvalue weighted by Gasteiger charge is 2.28. The van der Waals surface area contributed by atoms with E-state index < -0.39 is 6.09 Å². The van der Waals surface area contributed by atoms with Crippen molar-refractivity contribution in [1.82, 2.24) is 4.57 Å². The third-order valence-electron chi connectivity index (χ3n) is 7.15. The van der Waals surface area contributed by atoms with Crippen molar-refractivity contribution in [2.45, 2.75) is 44.2 Å². The van der Waals surface area contributed by atoms with Crippen molar-refractivity contribution in [3.63, 3.8) is 0 Å². The number of nitrogens with zero attached hydrogens (tertiary/aromatic N) is 2. The third kappa shape index (κ3) is 4.64. The van der Waals surface area contributed by atoms with Gasteiger partial charge < -0.3 is 23.5 Å². The van der Waals surface area contributed by atoms with Gasteiger partial charge in [0.15, 0.2) is 0 Å². The van der Waals surface area contributed by atoms with E-state index >= 15 is 0 Å². The number of aromatic nitrogens is 1. The maximum atomic E-state index is 12.1. The molecule has 2 saturated carbocycles. The lowest BCUT2D eigenvalue weighted by Gasteiger charge is -2.30. The zero-order chi connectivity index (χ0) is 24.5. The molecule has 0 radical (unpaired) electrons. The molecule has 0 bridgehead atoms. The van der Waals surface area contributed by atoms with E-state index in [1.807, 2.05) is 42.5 Å². The molecule has 1 N–H and O–H groups in total. The van der Waals surface area contributed by atoms with Crippen molar-refractivity contribution >= 4 is 22.7 Å². The first-order chi connectivity index (χ1) is 17.7. The minimum Gasteiger partial charge on any atom is -0.486 e. The summed E-state index contributed by atoms with van der Waals surface area (Å²) in [4.78, 5) is 12.1. The molecule has 2 aromatic carbocycles. The van der Waals surface area contributed by atoms with E-state index in [-0.39, 0.29) is 6.10 Å². The molecular weight excluding hydrogens is 458 g/mol. The van der Waals surface area contributed by atoms with Crippen molar-refractivity contribution in [2.75, 3.05) is 31.9 Å². The Kier molecular flexibility index (Phi) is 6.26. The smallest absolute Gasteiger partial charge is 0.411 e. The first kappa shape index (κ1) is 22.9. The van der Waals surface area contributed by atoms with Gasteiger partial charge in [0.25, 0.3) is 0 Å². The van der Waals surface area contributed by atoms with Crippen LogP contribution in [0.5, 0.6) is 5.75 Å². The molecule has 0 unspecified atom stereocenters. The second-order valence-electron chi connectivity index (χ2n) is 9.81. The predicted octanol–water partition coefficient (Wildman–Crippen LogP) is 5.62. The number of ether oxygens (including phenoxy) is 4. The first-order valence-electron chi connectivity index (χ1n) is 12.6. The minimum atomic E-state index is -0.433. The van der Waals surface area contributed by atoms with Gasteiger partial charge in [-0.25, -0.2) is 4.79 Å². The number of benzene rings is 2. The van der Waals surface area contributed by atoms with Gasteiger partial charge in [-0.2, -0.15) is 5.26 Å². The Bertz CT molecular complexity index is 1300. The number of anilines is 1. The van der Waals surface area contributed by atoms with E-state index in [1.54, 1.807) is 0 Å². The fraction of sp³-hybridized carbons (Fsp3) is 0.429. The van der Waals surface area contributed by atoms with Gasteiger partial charge in [0, 0.05) is 17.1 Å². The fourth-order valence-electron chi connectivity index (χ4n) is 4.86. The van der Waals surface area contributed by atoms with Crippen LogP contribution in [0.4, 0.5) is 10.5 Å². The number of carbonyl (C=O) groups excluding carboxylic acids is 1. The molecule has 1 aliphatic heterocycles. The van der Waals surface area contributed by atoms with Gasteiger partial charge in [0.1, 0.15) is 24.7 Å². The van der Waals surface area contributed by atoms with Gasteiger partial charge in [-0.1, -0.05) is 12.1 Å². The van der Waals surface area contributed by atoms with E-state index in [0.717, 1.165) is 47.8 Å². The summed E-state index contributed by atoms with van der Waals surface area (Å²) in [6, 6.07) is 16.4. The molecule has 2 heterocycles. The van der Waals surface area contributed by atoms with Gasteiger partial charge in [0.2, 0.25) is 0 Å². The average molecular weight is 488 g/mol. The standard InChI is InChI=1S/C28H29N3O5/c29-13-25-24-12-22(36-23-15-33-17-34-16-23)10-11-26(24)31(21-2-1-3-21)27(25)19-6-8-20(9-7-19)30-28(32)35-14-18-4-5-18/h6-12,18,21,23H,1-5,14-17H2,(H,30,32). The number of rotatable bonds is 7. The summed E-state index contributed by atoms with van der Waals surface area (Å²) in [5.74, 6) is 1.21. The zero-order valence-corrected chi connectivity index (χ0v) is 20.1. The van der Waals surface area contributed by atoms with Crippen LogP contribution in [0.15, 0.2) is 42.5 Å². The average Bonchev–Trinajstić information content (AvgIpc) is 3.65. The molecule has 1 amide bonds. The maximum Gasteiger partial charge on any atom is 0.411 e. The van der Waals surface area contributed by atoms with Gasteiger partial charge in [-0.3, -0.25) is 5.32 Å². The van der Waals surface area contributed by atoms with Gasteiger partial charge in [0.05, 0.1) is 36.6 Å². The van der Waals surface area contributed by atoms with Gasteiger partial charge in [-0.15, -0.1) is 0 Å². The first-order valence-corrected chi connectivity index (χ1v) is 12.6. The van der Waals surface area contributed by atoms with Crippen LogP contribution in [0.2, 0.25) is 0 Å². The molecule has 2 aliphatic carbocycles. The number of nitrogens with one attached hydrogen (secondary N) is 1. The lowest BCUT2D eigenvalue weighted by molar-refractivity contribution is -0.143. The molecule has 0 spiro atoms. The predicted molar refractivity (Wildman–Crippen MR) is 134 cm³/mol. The van der Waals surface area contributed by atoms with Crippen LogP contribution in [-0.2, 0) is 14.2 Å². The normalized spacial score (nSPS) is 18.4. The molecular formula is C28H29N3O5. The van der Waals surface area contributed by atoms with E-state index in [1.165, 1.54) is 6.42 Å². The van der Waals surface area contributed by atoms with E-state index in [0.29, 0.717) is 55.6 Å². The summed E-state index contributed by atoms with van der Waals surface area (Å²) in [5, 5.41) is 13.9. The van der Waals surface area contributed by atoms with Crippen molar-refractivity contribution in [3.05, 3.63) is 48.0 Å². The topological polar surface area (TPSA) is 94.7 Å². The van der Waals surface area contributed by atoms with Gasteiger partial charge >= 0.3 is 6.09 Å². The number of amides is 1. The Hall–Kier alpha value is -3.54. The molecule has 6 rings (SSSR count). The van der Waals surface area contributed by atoms with E-state index in [9.17, 15) is 10.1 Å². The Morgan fingerprint density at radius 2 is 1.86 bits per heavy atom. The van der Waals surface area contributed by atoms with Gasteiger partial charge in [-0.05, 0) is 73.9 Å². The number of fused-ring (bicyclic) bond motifs is 1. The third-order valence-corrected chi connectivity index (χ3v) is 7.15. The number of nitriles is 1. The minimum absolute atomic E-state index is 0.175. The summed E-state index contributed by atoms with van der Waals surface area (Å²) in [6.07, 6.45) is 5.01. The lowest BCUT2D eigenvalue weighted by Crippen LogP contribution is -2.33. The molecule has 3 fully saturated rings. The Balaban J connectivity index is 1.31. The summed E-state index contributed by atoms with van der Waals surface area (Å²) in [7, 11) is 0. The van der Waals surface area contributed by atoms with Crippen LogP contribution in [0.3, 0.4) is 0 Å². The summed E-state index contributed by atoms with van der Waals surface area (Å²) in [6.45, 7) is 1.72. The van der Waals surface area contributed by atoms with Crippen molar-refractivity contribution in [1.29, 1.82) is 5.26 Å². The summed E-state index contributed by atoms with van der Waals surface area (Å²) < 4.78 is 24.4. The zero-order valence-electron chi connectivity index (χ0n) is 20.1. The monoisotopic (exact) mass is 487 g/mol. The molecule has 3 aliphatic rings. The molecule has 3 aromatic rings. The summed E-state index contributed by atoms with van der Waals surface area (Å²) >= 11 is 0. The molecule has 8 heteroatoms. The Morgan fingerprint density at radius 3 is 2.53 bits per heavy atom. The number of hydrogen-bond donors (Lipinski definition) is 1. The highest BCUT2D eigenvalue weighted by Crippen LogP contribution is 2.43. The number of carbonyl (C=O) groups is 1. The van der Waals surface area contributed by atoms with Crippen molar-refractivity contribution in [2.24, 2.45) is 5.92 Å². The molecule has 1 saturated heterocycles. The second-order valence-corrected chi connectivity index (χ2v) is 9.81. The Labute approximate surface area is 209 Å². The van der Waals surface area contributed by atoms with Crippen molar-refractivity contribution in [3.8, 4) is 23.1 Å². The highest BCUT2D eigenvalue weighted by molar-refractivity contribution is 5.96. The van der Waals surface area contributed by atoms with Crippen molar-refractivity contribution < 1.29 is 23.7 Å². The lowest BCUT2D eigenvalue weighted by atomic mass is 9.92. The van der Waals surface area contributed by atoms with Crippen LogP contribution < -0.4 is 10.1 Å². The summed E-state index contributed by atoms with van der Waals surface area (Å²) in [5.41, 5.74) is 4.16. The molecule has 8 nitrogen and oxygen atoms in total. The van der Waals surface area contributed by atoms with E-state index in [4.69, 9.17) is 18.9 Å². The highest BCUT2D eigenvalue weighted by atomic mass is 16.7. The SMILES string of the molecule is N#Cc1c(-c2ccc(NC(=O)OCC3CC3)cc2)n(C2CCC2)c2ccc(OC3COCOC3)cc12. The molecule has 36 heavy (non-hydrogen) atoms.